The predicted molar refractivity (Wildman–Crippen MR) is 229 cm³/mol. The molecule has 0 fully saturated rings. The largest absolute Gasteiger partial charge is 0.467 e. The Labute approximate surface area is 355 Å². The fraction of sp³-hybridized carbons (Fsp3) is 0.293. The molecule has 0 amide bonds. The maximum absolute atomic E-state index is 12.9. The fourth-order valence-electron chi connectivity index (χ4n) is 6.53. The van der Waals surface area contributed by atoms with Gasteiger partial charge in [0.1, 0.15) is 11.1 Å². The van der Waals surface area contributed by atoms with Gasteiger partial charge in [0.25, 0.3) is 11.9 Å². The van der Waals surface area contributed by atoms with Crippen LogP contribution in [-0.2, 0) is 9.47 Å². The third-order valence-electron chi connectivity index (χ3n) is 9.54. The first kappa shape index (κ1) is 42.2. The quantitative estimate of drug-likeness (QED) is 0.0534. The highest BCUT2D eigenvalue weighted by atomic mass is 16.5. The highest BCUT2D eigenvalue weighted by Crippen LogP contribution is 2.37. The van der Waals surface area contributed by atoms with E-state index in [4.69, 9.17) is 35.1 Å². The van der Waals surface area contributed by atoms with Gasteiger partial charge in [-0.15, -0.1) is 10.2 Å². The lowest BCUT2D eigenvalue weighted by atomic mass is 10.0. The summed E-state index contributed by atoms with van der Waals surface area (Å²) < 4.78 is 21.7. The van der Waals surface area contributed by atoms with Crippen molar-refractivity contribution in [3.8, 4) is 29.3 Å². The molecule has 0 aliphatic rings. The Morgan fingerprint density at radius 1 is 0.645 bits per heavy atom. The van der Waals surface area contributed by atoms with Crippen molar-refractivity contribution >= 4 is 40.8 Å². The molecule has 320 valence electrons. The maximum Gasteiger partial charge on any atom is 0.343 e. The number of carbonyl (C=O) groups excluding carboxylic acids is 2. The minimum Gasteiger partial charge on any atom is -0.467 e. The average Bonchev–Trinajstić information content (AvgIpc) is 4.07. The van der Waals surface area contributed by atoms with E-state index in [2.05, 4.69) is 41.2 Å². The summed E-state index contributed by atoms with van der Waals surface area (Å²) >= 11 is 0. The number of ether oxygens (including phenoxy) is 3. The first-order chi connectivity index (χ1) is 29.9. The van der Waals surface area contributed by atoms with Gasteiger partial charge in [-0.1, -0.05) is 77.9 Å². The van der Waals surface area contributed by atoms with Crippen molar-refractivity contribution in [1.29, 1.82) is 0 Å². The number of para-hydroxylation sites is 2. The first-order valence-corrected chi connectivity index (χ1v) is 19.6. The lowest BCUT2D eigenvalue weighted by Gasteiger charge is -2.17. The number of hydrazine groups is 1. The number of rotatable bonds is 15. The molecule has 7 rings (SSSR count). The zero-order valence-electron chi connectivity index (χ0n) is 35.6. The third kappa shape index (κ3) is 8.01. The van der Waals surface area contributed by atoms with Crippen molar-refractivity contribution < 1.29 is 23.8 Å². The van der Waals surface area contributed by atoms with Gasteiger partial charge in [-0.2, -0.15) is 44.7 Å². The van der Waals surface area contributed by atoms with E-state index in [1.54, 1.807) is 9.36 Å². The Hall–Kier alpha value is -7.97. The maximum atomic E-state index is 12.9. The van der Waals surface area contributed by atoms with Gasteiger partial charge >= 0.3 is 17.9 Å². The van der Waals surface area contributed by atoms with Crippen LogP contribution >= 0.6 is 0 Å². The van der Waals surface area contributed by atoms with Gasteiger partial charge in [0, 0.05) is 0 Å². The summed E-state index contributed by atoms with van der Waals surface area (Å²) in [4.78, 5) is 39.6. The Balaban J connectivity index is 1.32. The molecular weight excluding hydrogens is 797 g/mol. The monoisotopic (exact) mass is 842 g/mol. The van der Waals surface area contributed by atoms with E-state index >= 15 is 0 Å². The average molecular weight is 843 g/mol. The van der Waals surface area contributed by atoms with Crippen LogP contribution in [0.4, 0.5) is 28.8 Å². The van der Waals surface area contributed by atoms with E-state index in [1.807, 2.05) is 102 Å². The summed E-state index contributed by atoms with van der Waals surface area (Å²) in [6.45, 7) is 11.9. The molecule has 2 aromatic carbocycles. The van der Waals surface area contributed by atoms with Gasteiger partial charge in [-0.3, -0.25) is 10.9 Å². The van der Waals surface area contributed by atoms with Gasteiger partial charge in [0.05, 0.1) is 67.9 Å². The second-order valence-corrected chi connectivity index (χ2v) is 14.7. The molecule has 0 atom stereocenters. The molecule has 62 heavy (non-hydrogen) atoms. The molecule has 0 spiro atoms. The van der Waals surface area contributed by atoms with Crippen LogP contribution in [0, 0.1) is 0 Å². The molecule has 0 radical (unpaired) electrons. The SMILES string of the molecule is COC(=O)c1cnn(-c2ccccc2)c1N=Nc1c(C(C)C)nn(-c2nc(OC)nc(-n3nc(C(C)C)c(NNc4c(C(=O)OC)cnn4-c4ccccc4)c3C(C)C)n2)c1N. The Morgan fingerprint density at radius 3 is 1.77 bits per heavy atom. The second-order valence-electron chi connectivity index (χ2n) is 14.7. The van der Waals surface area contributed by atoms with Crippen molar-refractivity contribution in [1.82, 2.24) is 54.1 Å². The number of nitrogens with zero attached hydrogens (tertiary/aromatic N) is 13. The van der Waals surface area contributed by atoms with Crippen LogP contribution in [0.1, 0.15) is 97.1 Å². The lowest BCUT2D eigenvalue weighted by molar-refractivity contribution is 0.0592. The van der Waals surface area contributed by atoms with Crippen molar-refractivity contribution in [2.75, 3.05) is 37.9 Å². The van der Waals surface area contributed by atoms with Crippen LogP contribution in [0.15, 0.2) is 83.3 Å². The number of hydrogen-bond acceptors (Lipinski definition) is 17. The molecule has 21 heteroatoms. The number of carbonyl (C=O) groups is 2. The molecule has 0 saturated carbocycles. The van der Waals surface area contributed by atoms with E-state index in [0.717, 1.165) is 0 Å². The number of methoxy groups -OCH3 is 3. The van der Waals surface area contributed by atoms with Gasteiger partial charge < -0.3 is 19.9 Å². The van der Waals surface area contributed by atoms with E-state index in [0.29, 0.717) is 40.0 Å². The molecule has 21 nitrogen and oxygen atoms in total. The second kappa shape index (κ2) is 17.7. The number of esters is 2. The third-order valence-corrected chi connectivity index (χ3v) is 9.54. The van der Waals surface area contributed by atoms with Crippen LogP contribution < -0.4 is 21.3 Å². The van der Waals surface area contributed by atoms with Crippen molar-refractivity contribution in [3.05, 3.63) is 101 Å². The number of anilines is 3. The van der Waals surface area contributed by atoms with Crippen molar-refractivity contribution in [2.45, 2.75) is 59.3 Å². The Kier molecular flexibility index (Phi) is 12.0. The van der Waals surface area contributed by atoms with Crippen LogP contribution in [0.5, 0.6) is 6.01 Å². The molecular formula is C41H46N16O5. The van der Waals surface area contributed by atoms with E-state index in [9.17, 15) is 9.59 Å². The van der Waals surface area contributed by atoms with Crippen molar-refractivity contribution in [3.63, 3.8) is 0 Å². The van der Waals surface area contributed by atoms with Crippen LogP contribution in [0.25, 0.3) is 23.3 Å². The molecule has 0 aliphatic heterocycles. The molecule has 0 aliphatic carbocycles. The summed E-state index contributed by atoms with van der Waals surface area (Å²) in [5.74, 6) is -1.02. The predicted octanol–water partition coefficient (Wildman–Crippen LogP) is 7.00. The Bertz CT molecular complexity index is 2750. The molecule has 7 aromatic rings. The molecule has 5 aromatic heterocycles. The number of benzene rings is 2. The smallest absolute Gasteiger partial charge is 0.343 e. The van der Waals surface area contributed by atoms with Crippen LogP contribution in [0.3, 0.4) is 0 Å². The molecule has 0 saturated heterocycles. The van der Waals surface area contributed by atoms with Crippen LogP contribution in [0.2, 0.25) is 0 Å². The molecule has 5 heterocycles. The summed E-state index contributed by atoms with van der Waals surface area (Å²) in [6, 6.07) is 18.5. The zero-order chi connectivity index (χ0) is 44.2. The summed E-state index contributed by atoms with van der Waals surface area (Å²) in [7, 11) is 4.02. The fourth-order valence-corrected chi connectivity index (χ4v) is 6.53. The summed E-state index contributed by atoms with van der Waals surface area (Å²) in [5, 5.41) is 27.7. The number of nitrogens with two attached hydrogens (primary N) is 1. The number of nitrogens with one attached hydrogen (secondary N) is 2. The molecule has 0 bridgehead atoms. The van der Waals surface area contributed by atoms with Crippen molar-refractivity contribution in [2.24, 2.45) is 10.2 Å². The van der Waals surface area contributed by atoms with E-state index in [1.165, 1.54) is 43.1 Å². The zero-order valence-corrected chi connectivity index (χ0v) is 35.6. The molecule has 4 N–H and O–H groups in total. The minimum atomic E-state index is -0.641. The highest BCUT2D eigenvalue weighted by Gasteiger charge is 2.29. The topological polar surface area (TPSA) is 247 Å². The van der Waals surface area contributed by atoms with Crippen LogP contribution in [-0.4, -0.2) is 87.3 Å². The van der Waals surface area contributed by atoms with Gasteiger partial charge in [0.15, 0.2) is 23.1 Å². The summed E-state index contributed by atoms with van der Waals surface area (Å²) in [6.07, 6.45) is 2.80. The number of azo groups is 1. The van der Waals surface area contributed by atoms with Gasteiger partial charge in [-0.05, 0) is 42.0 Å². The standard InChI is InChI=1S/C41H46N16O5/c1-22(2)29-31(48-50-35-27(37(58)60-7)20-43-54(35)25-16-12-10-13-17-25)33(24(5)6)56(52-29)39-45-40(47-41(46-39)62-9)57-34(42)32(30(53-57)23(3)4)49-51-36-28(38(59)61-8)21-44-55(36)26-18-14-11-15-19-26/h10-24,48,50H,42H2,1-9H3. The number of aromatic nitrogens is 11. The minimum absolute atomic E-state index is 0.00990. The van der Waals surface area contributed by atoms with E-state index in [-0.39, 0.29) is 64.1 Å². The highest BCUT2D eigenvalue weighted by molar-refractivity contribution is 5.95. The summed E-state index contributed by atoms with van der Waals surface area (Å²) in [5.41, 5.74) is 17.7. The normalized spacial score (nSPS) is 11.5. The number of nitrogen functional groups attached to an aromatic ring is 1. The first-order valence-electron chi connectivity index (χ1n) is 19.6. The molecule has 0 unspecified atom stereocenters. The Morgan fingerprint density at radius 2 is 1.19 bits per heavy atom. The van der Waals surface area contributed by atoms with E-state index < -0.39 is 11.9 Å². The van der Waals surface area contributed by atoms with Gasteiger partial charge in [0.2, 0.25) is 0 Å². The number of hydrogen-bond donors (Lipinski definition) is 3. The van der Waals surface area contributed by atoms with Gasteiger partial charge in [-0.25, -0.2) is 19.0 Å². The lowest BCUT2D eigenvalue weighted by Crippen LogP contribution is -2.18.